The van der Waals surface area contributed by atoms with Gasteiger partial charge in [-0.2, -0.15) is 0 Å². The second-order valence-electron chi connectivity index (χ2n) is 5.20. The molecule has 2 aromatic rings. The number of nitrogens with one attached hydrogen (secondary N) is 1. The van der Waals surface area contributed by atoms with Crippen LogP contribution in [0.15, 0.2) is 36.4 Å². The summed E-state index contributed by atoms with van der Waals surface area (Å²) in [5.74, 6) is -1.07. The van der Waals surface area contributed by atoms with Crippen molar-refractivity contribution in [2.45, 2.75) is 19.4 Å². The summed E-state index contributed by atoms with van der Waals surface area (Å²) in [7, 11) is 0. The Balaban J connectivity index is 2.41. The van der Waals surface area contributed by atoms with Crippen molar-refractivity contribution in [1.82, 2.24) is 0 Å². The smallest absolute Gasteiger partial charge is 0.129 e. The van der Waals surface area contributed by atoms with Crippen LogP contribution >= 0.6 is 11.6 Å². The van der Waals surface area contributed by atoms with Crippen LogP contribution in [0.2, 0.25) is 5.02 Å². The Hall–Kier alpha value is -1.65. The van der Waals surface area contributed by atoms with E-state index < -0.39 is 23.8 Å². The third kappa shape index (κ3) is 3.34. The van der Waals surface area contributed by atoms with E-state index in [1.165, 1.54) is 6.92 Å². The van der Waals surface area contributed by atoms with Crippen LogP contribution in [0.1, 0.15) is 18.1 Å². The molecule has 2 rings (SSSR count). The molecular formula is C16H16ClF2NO. The Labute approximate surface area is 127 Å². The quantitative estimate of drug-likeness (QED) is 0.885. The topological polar surface area (TPSA) is 32.3 Å². The van der Waals surface area contributed by atoms with Gasteiger partial charge in [0, 0.05) is 16.3 Å². The van der Waals surface area contributed by atoms with Gasteiger partial charge in [0.2, 0.25) is 0 Å². The zero-order valence-electron chi connectivity index (χ0n) is 11.8. The number of rotatable bonds is 4. The van der Waals surface area contributed by atoms with Crippen LogP contribution in [0.5, 0.6) is 0 Å². The van der Waals surface area contributed by atoms with E-state index in [2.05, 4.69) is 5.32 Å². The number of halogens is 3. The highest BCUT2D eigenvalue weighted by molar-refractivity contribution is 6.30. The van der Waals surface area contributed by atoms with Crippen molar-refractivity contribution in [3.63, 3.8) is 0 Å². The zero-order valence-corrected chi connectivity index (χ0v) is 12.5. The zero-order chi connectivity index (χ0) is 15.6. The van der Waals surface area contributed by atoms with E-state index in [0.717, 1.165) is 12.1 Å². The van der Waals surface area contributed by atoms with Gasteiger partial charge in [-0.25, -0.2) is 8.78 Å². The highest BCUT2D eigenvalue weighted by Gasteiger charge is 2.30. The summed E-state index contributed by atoms with van der Waals surface area (Å²) in [5.41, 5.74) is -0.200. The summed E-state index contributed by atoms with van der Waals surface area (Å²) in [6.45, 7) is 2.70. The number of aryl methyl sites for hydroxylation is 1. The number of aliphatic hydroxyl groups is 1. The van der Waals surface area contributed by atoms with Crippen molar-refractivity contribution < 1.29 is 13.9 Å². The first-order chi connectivity index (χ1) is 9.85. The molecule has 0 saturated heterocycles. The monoisotopic (exact) mass is 311 g/mol. The van der Waals surface area contributed by atoms with Gasteiger partial charge in [-0.3, -0.25) is 0 Å². The van der Waals surface area contributed by atoms with Crippen molar-refractivity contribution in [3.05, 3.63) is 64.2 Å². The van der Waals surface area contributed by atoms with E-state index in [0.29, 0.717) is 10.7 Å². The molecule has 2 N–H and O–H groups in total. The fourth-order valence-electron chi connectivity index (χ4n) is 2.11. The SMILES string of the molecule is Cc1cc(F)c(C(C)(CO)Nc2ccc(Cl)cc2)cc1F. The average molecular weight is 312 g/mol. The van der Waals surface area contributed by atoms with Crippen molar-refractivity contribution in [2.75, 3.05) is 11.9 Å². The van der Waals surface area contributed by atoms with Gasteiger partial charge in [0.05, 0.1) is 12.1 Å². The molecular weight excluding hydrogens is 296 g/mol. The van der Waals surface area contributed by atoms with Gasteiger partial charge in [-0.05, 0) is 55.8 Å². The second kappa shape index (κ2) is 6.00. The summed E-state index contributed by atoms with van der Waals surface area (Å²) in [6, 6.07) is 9.00. The number of hydrogen-bond donors (Lipinski definition) is 2. The lowest BCUT2D eigenvalue weighted by Crippen LogP contribution is -2.37. The number of benzene rings is 2. The van der Waals surface area contributed by atoms with E-state index in [9.17, 15) is 13.9 Å². The Morgan fingerprint density at radius 1 is 1.14 bits per heavy atom. The third-order valence-corrected chi connectivity index (χ3v) is 3.68. The summed E-state index contributed by atoms with van der Waals surface area (Å²) >= 11 is 5.81. The predicted molar refractivity (Wildman–Crippen MR) is 80.6 cm³/mol. The molecule has 2 aromatic carbocycles. The van der Waals surface area contributed by atoms with E-state index in [1.807, 2.05) is 0 Å². The molecule has 0 radical (unpaired) electrons. The number of aliphatic hydroxyl groups excluding tert-OH is 1. The molecule has 1 unspecified atom stereocenters. The molecule has 112 valence electrons. The number of anilines is 1. The fraction of sp³-hybridized carbons (Fsp3) is 0.250. The largest absolute Gasteiger partial charge is 0.394 e. The third-order valence-electron chi connectivity index (χ3n) is 3.42. The molecule has 21 heavy (non-hydrogen) atoms. The molecule has 0 aliphatic rings. The Morgan fingerprint density at radius 3 is 2.33 bits per heavy atom. The van der Waals surface area contributed by atoms with Crippen LogP contribution in [0.3, 0.4) is 0 Å². The Kier molecular flexibility index (Phi) is 4.49. The van der Waals surface area contributed by atoms with Gasteiger partial charge in [0.15, 0.2) is 0 Å². The fourth-order valence-corrected chi connectivity index (χ4v) is 2.24. The minimum absolute atomic E-state index is 0.0723. The van der Waals surface area contributed by atoms with Gasteiger partial charge in [0.25, 0.3) is 0 Å². The van der Waals surface area contributed by atoms with Gasteiger partial charge in [0.1, 0.15) is 11.6 Å². The Morgan fingerprint density at radius 2 is 1.76 bits per heavy atom. The maximum atomic E-state index is 14.1. The van der Waals surface area contributed by atoms with Gasteiger partial charge >= 0.3 is 0 Å². The predicted octanol–water partition coefficient (Wildman–Crippen LogP) is 4.25. The average Bonchev–Trinajstić information content (AvgIpc) is 2.45. The highest BCUT2D eigenvalue weighted by Crippen LogP contribution is 2.30. The molecule has 0 spiro atoms. The number of hydrogen-bond acceptors (Lipinski definition) is 2. The molecule has 0 amide bonds. The standard InChI is InChI=1S/C16H16ClF2NO/c1-10-7-15(19)13(8-14(10)18)16(2,9-21)20-12-5-3-11(17)4-6-12/h3-8,20-21H,9H2,1-2H3. The molecule has 0 saturated carbocycles. The van der Waals surface area contributed by atoms with E-state index >= 15 is 0 Å². The summed E-state index contributed by atoms with van der Waals surface area (Å²) in [5, 5.41) is 13.3. The van der Waals surface area contributed by atoms with Crippen molar-refractivity contribution in [1.29, 1.82) is 0 Å². The Bertz CT molecular complexity index is 645. The van der Waals surface area contributed by atoms with E-state index in [4.69, 9.17) is 11.6 Å². The van der Waals surface area contributed by atoms with Crippen LogP contribution in [-0.4, -0.2) is 11.7 Å². The van der Waals surface area contributed by atoms with Gasteiger partial charge in [-0.15, -0.1) is 0 Å². The first-order valence-corrected chi connectivity index (χ1v) is 6.84. The summed E-state index contributed by atoms with van der Waals surface area (Å²) in [4.78, 5) is 0. The van der Waals surface area contributed by atoms with Crippen molar-refractivity contribution in [3.8, 4) is 0 Å². The lowest BCUT2D eigenvalue weighted by molar-refractivity contribution is 0.220. The molecule has 0 aliphatic heterocycles. The van der Waals surface area contributed by atoms with E-state index in [-0.39, 0.29) is 11.1 Å². The molecule has 0 aromatic heterocycles. The van der Waals surface area contributed by atoms with Gasteiger partial charge in [-0.1, -0.05) is 11.6 Å². The summed E-state index contributed by atoms with van der Waals surface area (Å²) in [6.07, 6.45) is 0. The molecule has 0 fully saturated rings. The van der Waals surface area contributed by atoms with E-state index in [1.54, 1.807) is 31.2 Å². The molecule has 0 aliphatic carbocycles. The first kappa shape index (κ1) is 15.7. The highest BCUT2D eigenvalue weighted by atomic mass is 35.5. The van der Waals surface area contributed by atoms with Crippen molar-refractivity contribution in [2.24, 2.45) is 0 Å². The van der Waals surface area contributed by atoms with Crippen LogP contribution in [0.25, 0.3) is 0 Å². The minimum Gasteiger partial charge on any atom is -0.394 e. The van der Waals surface area contributed by atoms with Crippen LogP contribution in [0, 0.1) is 18.6 Å². The van der Waals surface area contributed by atoms with Crippen LogP contribution in [0.4, 0.5) is 14.5 Å². The maximum absolute atomic E-state index is 14.1. The lowest BCUT2D eigenvalue weighted by Gasteiger charge is -2.31. The first-order valence-electron chi connectivity index (χ1n) is 6.46. The molecule has 2 nitrogen and oxygen atoms in total. The molecule has 1 atom stereocenters. The van der Waals surface area contributed by atoms with Crippen LogP contribution in [-0.2, 0) is 5.54 Å². The maximum Gasteiger partial charge on any atom is 0.129 e. The van der Waals surface area contributed by atoms with Crippen LogP contribution < -0.4 is 5.32 Å². The minimum atomic E-state index is -1.15. The van der Waals surface area contributed by atoms with Crippen molar-refractivity contribution >= 4 is 17.3 Å². The van der Waals surface area contributed by atoms with Gasteiger partial charge < -0.3 is 10.4 Å². The normalized spacial score (nSPS) is 13.8. The molecule has 0 heterocycles. The molecule has 0 bridgehead atoms. The molecule has 5 heteroatoms. The lowest BCUT2D eigenvalue weighted by atomic mass is 9.91. The second-order valence-corrected chi connectivity index (χ2v) is 5.64. The summed E-state index contributed by atoms with van der Waals surface area (Å²) < 4.78 is 27.9.